The van der Waals surface area contributed by atoms with E-state index in [4.69, 9.17) is 14.6 Å². The number of benzene rings is 1. The van der Waals surface area contributed by atoms with Gasteiger partial charge in [0.05, 0.1) is 20.3 Å². The molecule has 0 saturated heterocycles. The first kappa shape index (κ1) is 15.8. The molecular formula is C13H17BrO5. The van der Waals surface area contributed by atoms with E-state index in [2.05, 4.69) is 15.9 Å². The van der Waals surface area contributed by atoms with Crippen LogP contribution in [0.4, 0.5) is 0 Å². The Bertz CT molecular complexity index is 447. The molecule has 0 aromatic heterocycles. The van der Waals surface area contributed by atoms with Gasteiger partial charge in [-0.15, -0.1) is 0 Å². The summed E-state index contributed by atoms with van der Waals surface area (Å²) >= 11 is 3.36. The van der Waals surface area contributed by atoms with Crippen molar-refractivity contribution in [1.29, 1.82) is 0 Å². The van der Waals surface area contributed by atoms with Crippen molar-refractivity contribution in [3.8, 4) is 11.5 Å². The van der Waals surface area contributed by atoms with Gasteiger partial charge in [0.1, 0.15) is 11.5 Å². The summed E-state index contributed by atoms with van der Waals surface area (Å²) in [6, 6.07) is 3.42. The third-order valence-corrected chi connectivity index (χ3v) is 3.38. The molecule has 0 aliphatic rings. The number of ether oxygens (including phenoxy) is 2. The Morgan fingerprint density at radius 2 is 2.05 bits per heavy atom. The third-order valence-electron chi connectivity index (χ3n) is 2.72. The number of aliphatic hydroxyl groups excluding tert-OH is 1. The lowest BCUT2D eigenvalue weighted by Crippen LogP contribution is -2.04. The minimum Gasteiger partial charge on any atom is -0.497 e. The van der Waals surface area contributed by atoms with E-state index in [1.54, 1.807) is 19.2 Å². The minimum atomic E-state index is -0.868. The lowest BCUT2D eigenvalue weighted by atomic mass is 10.0. The summed E-state index contributed by atoms with van der Waals surface area (Å²) in [6.07, 6.45) is 0.00774. The molecule has 0 aliphatic heterocycles. The van der Waals surface area contributed by atoms with Crippen LogP contribution in [0.15, 0.2) is 16.6 Å². The van der Waals surface area contributed by atoms with E-state index in [9.17, 15) is 9.90 Å². The Morgan fingerprint density at radius 3 is 2.58 bits per heavy atom. The van der Waals surface area contributed by atoms with Gasteiger partial charge in [-0.05, 0) is 18.9 Å². The summed E-state index contributed by atoms with van der Waals surface area (Å²) in [5.41, 5.74) is 0.605. The van der Waals surface area contributed by atoms with Crippen LogP contribution in [0.3, 0.4) is 0 Å². The van der Waals surface area contributed by atoms with Crippen molar-refractivity contribution in [3.63, 3.8) is 0 Å². The summed E-state index contributed by atoms with van der Waals surface area (Å²) in [5, 5.41) is 18.7. The van der Waals surface area contributed by atoms with Crippen LogP contribution >= 0.6 is 15.9 Å². The number of aliphatic carboxylic acids is 1. The summed E-state index contributed by atoms with van der Waals surface area (Å²) in [4.78, 5) is 10.5. The van der Waals surface area contributed by atoms with Crippen LogP contribution in [0.5, 0.6) is 11.5 Å². The molecule has 0 spiro atoms. The van der Waals surface area contributed by atoms with E-state index < -0.39 is 12.1 Å². The van der Waals surface area contributed by atoms with Gasteiger partial charge in [0.2, 0.25) is 0 Å². The molecule has 1 aromatic carbocycles. The molecule has 0 amide bonds. The number of carboxylic acid groups (broad SMARTS) is 1. The zero-order chi connectivity index (χ0) is 14.4. The predicted molar refractivity (Wildman–Crippen MR) is 73.7 cm³/mol. The normalized spacial score (nSPS) is 12.0. The molecule has 1 rings (SSSR count). The largest absolute Gasteiger partial charge is 0.497 e. The second-order valence-electron chi connectivity index (χ2n) is 4.03. The summed E-state index contributed by atoms with van der Waals surface area (Å²) in [7, 11) is 3.05. The minimum absolute atomic E-state index is 0.0349. The van der Waals surface area contributed by atoms with Crippen molar-refractivity contribution in [2.45, 2.75) is 25.4 Å². The molecular weight excluding hydrogens is 316 g/mol. The topological polar surface area (TPSA) is 76.0 Å². The van der Waals surface area contributed by atoms with Gasteiger partial charge in [-0.2, -0.15) is 0 Å². The highest BCUT2D eigenvalue weighted by Gasteiger charge is 2.18. The molecule has 19 heavy (non-hydrogen) atoms. The van der Waals surface area contributed by atoms with Crippen molar-refractivity contribution < 1.29 is 24.5 Å². The molecule has 6 heteroatoms. The highest BCUT2D eigenvalue weighted by atomic mass is 79.9. The number of aliphatic hydroxyl groups is 1. The van der Waals surface area contributed by atoms with Crippen LogP contribution in [0, 0.1) is 0 Å². The molecule has 0 fully saturated rings. The van der Waals surface area contributed by atoms with Crippen LogP contribution in [0.25, 0.3) is 0 Å². The monoisotopic (exact) mass is 332 g/mol. The summed E-state index contributed by atoms with van der Waals surface area (Å²) in [6.45, 7) is 0. The SMILES string of the molecule is COc1cc(Br)c([C@H](O)CCCC(=O)O)c(OC)c1. The van der Waals surface area contributed by atoms with E-state index >= 15 is 0 Å². The van der Waals surface area contributed by atoms with Crippen LogP contribution in [0.2, 0.25) is 0 Å². The number of methoxy groups -OCH3 is 2. The molecule has 0 saturated carbocycles. The number of halogens is 1. The molecule has 0 unspecified atom stereocenters. The van der Waals surface area contributed by atoms with Gasteiger partial charge in [-0.3, -0.25) is 4.79 Å². The number of carboxylic acids is 1. The van der Waals surface area contributed by atoms with Gasteiger partial charge in [0, 0.05) is 22.5 Å². The third kappa shape index (κ3) is 4.40. The van der Waals surface area contributed by atoms with Gasteiger partial charge in [-0.1, -0.05) is 15.9 Å². The van der Waals surface area contributed by atoms with E-state index in [0.717, 1.165) is 0 Å². The van der Waals surface area contributed by atoms with Crippen molar-refractivity contribution in [2.75, 3.05) is 14.2 Å². The standard InChI is InChI=1S/C13H17BrO5/c1-18-8-6-9(14)13(11(7-8)19-2)10(15)4-3-5-12(16)17/h6-7,10,15H,3-5H2,1-2H3,(H,16,17)/t10-/m1/s1. The highest BCUT2D eigenvalue weighted by Crippen LogP contribution is 2.38. The number of rotatable bonds is 7. The van der Waals surface area contributed by atoms with Crippen molar-refractivity contribution in [2.24, 2.45) is 0 Å². The zero-order valence-corrected chi connectivity index (χ0v) is 12.4. The molecule has 0 heterocycles. The fraction of sp³-hybridized carbons (Fsp3) is 0.462. The fourth-order valence-electron chi connectivity index (χ4n) is 1.77. The van der Waals surface area contributed by atoms with E-state index in [1.807, 2.05) is 0 Å². The molecule has 0 bridgehead atoms. The summed E-state index contributed by atoms with van der Waals surface area (Å²) < 4.78 is 11.0. The first-order chi connectivity index (χ1) is 8.99. The Labute approximate surface area is 120 Å². The van der Waals surface area contributed by atoms with Crippen LogP contribution < -0.4 is 9.47 Å². The van der Waals surface area contributed by atoms with Gasteiger partial charge in [-0.25, -0.2) is 0 Å². The number of carbonyl (C=O) groups is 1. The summed E-state index contributed by atoms with van der Waals surface area (Å²) in [5.74, 6) is 0.257. The van der Waals surface area contributed by atoms with Gasteiger partial charge >= 0.3 is 5.97 Å². The van der Waals surface area contributed by atoms with Crippen LogP contribution in [0.1, 0.15) is 30.9 Å². The molecule has 5 nitrogen and oxygen atoms in total. The number of hydrogen-bond acceptors (Lipinski definition) is 4. The maximum atomic E-state index is 10.5. The van der Waals surface area contributed by atoms with Gasteiger partial charge in [0.25, 0.3) is 0 Å². The van der Waals surface area contributed by atoms with Crippen molar-refractivity contribution in [3.05, 3.63) is 22.2 Å². The maximum Gasteiger partial charge on any atom is 0.303 e. The predicted octanol–water partition coefficient (Wildman–Crippen LogP) is 2.75. The van der Waals surface area contributed by atoms with Gasteiger partial charge in [0.15, 0.2) is 0 Å². The van der Waals surface area contributed by atoms with Crippen molar-refractivity contribution in [1.82, 2.24) is 0 Å². The molecule has 1 aromatic rings. The highest BCUT2D eigenvalue weighted by molar-refractivity contribution is 9.10. The van der Waals surface area contributed by atoms with Crippen LogP contribution in [-0.2, 0) is 4.79 Å². The molecule has 2 N–H and O–H groups in total. The first-order valence-corrected chi connectivity index (χ1v) is 6.60. The Hall–Kier alpha value is -1.27. The second-order valence-corrected chi connectivity index (χ2v) is 4.88. The molecule has 0 aliphatic carbocycles. The zero-order valence-electron chi connectivity index (χ0n) is 10.9. The second kappa shape index (κ2) is 7.35. The average Bonchev–Trinajstić information content (AvgIpc) is 2.36. The van der Waals surface area contributed by atoms with E-state index in [0.29, 0.717) is 34.4 Å². The van der Waals surface area contributed by atoms with Crippen LogP contribution in [-0.4, -0.2) is 30.4 Å². The van der Waals surface area contributed by atoms with E-state index in [1.165, 1.54) is 7.11 Å². The average molecular weight is 333 g/mol. The van der Waals surface area contributed by atoms with Gasteiger partial charge < -0.3 is 19.7 Å². The first-order valence-electron chi connectivity index (χ1n) is 5.80. The molecule has 0 radical (unpaired) electrons. The maximum absolute atomic E-state index is 10.5. The lowest BCUT2D eigenvalue weighted by Gasteiger charge is -2.17. The lowest BCUT2D eigenvalue weighted by molar-refractivity contribution is -0.137. The molecule has 106 valence electrons. The Morgan fingerprint density at radius 1 is 1.37 bits per heavy atom. The van der Waals surface area contributed by atoms with Crippen molar-refractivity contribution >= 4 is 21.9 Å². The Kier molecular flexibility index (Phi) is 6.11. The Balaban J connectivity index is 2.88. The number of hydrogen-bond donors (Lipinski definition) is 2. The fourth-order valence-corrected chi connectivity index (χ4v) is 2.46. The molecule has 1 atom stereocenters. The smallest absolute Gasteiger partial charge is 0.303 e. The van der Waals surface area contributed by atoms with E-state index in [-0.39, 0.29) is 6.42 Å². The quantitative estimate of drug-likeness (QED) is 0.802.